The van der Waals surface area contributed by atoms with Crippen LogP contribution in [0.4, 0.5) is 0 Å². The first-order chi connectivity index (χ1) is 18.9. The number of hydrogen-bond acceptors (Lipinski definition) is 3. The lowest BCUT2D eigenvalue weighted by Crippen LogP contribution is -2.27. The van der Waals surface area contributed by atoms with Crippen molar-refractivity contribution in [3.63, 3.8) is 0 Å². The van der Waals surface area contributed by atoms with Crippen LogP contribution in [0.3, 0.4) is 0 Å². The first-order valence-corrected chi connectivity index (χ1v) is 15.3. The standard InChI is InChI=1S/C36H49NO3/c1-24-10-9-13-30(16-14-24)34(38)33-23-37(27(4)20-28-11-7-8-12-28)22-31(33)17-15-29-18-25(2)32(26(3)19-29)21-36(5,6)35(39)40/h10,13-14,16,18-19,28,31,33H,4,7-9,11-12,15,17,20-23H2,1-3,5-6H3,(H,39,40). The summed E-state index contributed by atoms with van der Waals surface area (Å²) in [4.78, 5) is 28.0. The Morgan fingerprint density at radius 3 is 2.35 bits per heavy atom. The molecule has 1 saturated carbocycles. The predicted octanol–water partition coefficient (Wildman–Crippen LogP) is 7.93. The summed E-state index contributed by atoms with van der Waals surface area (Å²) >= 11 is 0. The molecule has 0 bridgehead atoms. The van der Waals surface area contributed by atoms with Crippen molar-refractivity contribution in [3.05, 3.63) is 82.1 Å². The van der Waals surface area contributed by atoms with E-state index in [-0.39, 0.29) is 17.6 Å². The molecule has 40 heavy (non-hydrogen) atoms. The van der Waals surface area contributed by atoms with E-state index in [1.807, 2.05) is 6.08 Å². The largest absolute Gasteiger partial charge is 0.481 e. The van der Waals surface area contributed by atoms with E-state index in [4.69, 9.17) is 0 Å². The molecule has 0 spiro atoms. The van der Waals surface area contributed by atoms with Gasteiger partial charge in [-0.3, -0.25) is 9.59 Å². The highest BCUT2D eigenvalue weighted by atomic mass is 16.4. The van der Waals surface area contributed by atoms with Crippen LogP contribution in [0.25, 0.3) is 0 Å². The molecule has 1 aromatic carbocycles. The molecule has 2 fully saturated rings. The van der Waals surface area contributed by atoms with Gasteiger partial charge in [-0.25, -0.2) is 0 Å². The molecule has 2 unspecified atom stereocenters. The minimum absolute atomic E-state index is 0.0209. The van der Waals surface area contributed by atoms with Crippen molar-refractivity contribution in [1.29, 1.82) is 0 Å². The highest BCUT2D eigenvalue weighted by Gasteiger charge is 2.38. The zero-order valence-corrected chi connectivity index (χ0v) is 25.4. The quantitative estimate of drug-likeness (QED) is 0.308. The first-order valence-electron chi connectivity index (χ1n) is 15.3. The number of aryl methyl sites for hydroxylation is 3. The number of ketones is 1. The van der Waals surface area contributed by atoms with E-state index in [0.29, 0.717) is 6.42 Å². The van der Waals surface area contributed by atoms with E-state index < -0.39 is 11.4 Å². The minimum Gasteiger partial charge on any atom is -0.481 e. The maximum atomic E-state index is 13.9. The minimum atomic E-state index is -0.798. The predicted molar refractivity (Wildman–Crippen MR) is 164 cm³/mol. The summed E-state index contributed by atoms with van der Waals surface area (Å²) in [6.45, 7) is 16.0. The van der Waals surface area contributed by atoms with Gasteiger partial charge in [-0.05, 0) is 101 Å². The third kappa shape index (κ3) is 7.25. The van der Waals surface area contributed by atoms with Crippen molar-refractivity contribution in [1.82, 2.24) is 4.90 Å². The smallest absolute Gasteiger partial charge is 0.309 e. The van der Waals surface area contributed by atoms with Gasteiger partial charge in [-0.1, -0.05) is 74.3 Å². The number of nitrogens with zero attached hydrogens (tertiary/aromatic N) is 1. The SMILES string of the molecule is C=C(CC1CCCC1)N1CC(CCc2cc(C)c(CC(C)(C)C(=O)O)c(C)c2)C(C(=O)C2=CCC=C(C)C=C2)C1. The van der Waals surface area contributed by atoms with Gasteiger partial charge in [0.25, 0.3) is 0 Å². The lowest BCUT2D eigenvalue weighted by molar-refractivity contribution is -0.146. The summed E-state index contributed by atoms with van der Waals surface area (Å²) in [5.74, 6) is 0.519. The van der Waals surface area contributed by atoms with Gasteiger partial charge in [0.15, 0.2) is 5.78 Å². The van der Waals surface area contributed by atoms with Gasteiger partial charge >= 0.3 is 5.97 Å². The number of allylic oxidation sites excluding steroid dienone is 7. The number of carbonyl (C=O) groups is 2. The molecule has 1 aromatic rings. The zero-order chi connectivity index (χ0) is 29.0. The summed E-state index contributed by atoms with van der Waals surface area (Å²) in [6.07, 6.45) is 17.9. The van der Waals surface area contributed by atoms with Crippen LogP contribution in [-0.2, 0) is 22.4 Å². The summed E-state index contributed by atoms with van der Waals surface area (Å²) in [6, 6.07) is 4.46. The van der Waals surface area contributed by atoms with Crippen molar-refractivity contribution in [2.45, 2.75) is 92.4 Å². The lowest BCUT2D eigenvalue weighted by Gasteiger charge is -2.24. The second kappa shape index (κ2) is 12.7. The van der Waals surface area contributed by atoms with E-state index in [2.05, 4.69) is 62.6 Å². The molecule has 1 aliphatic heterocycles. The Morgan fingerprint density at radius 2 is 1.70 bits per heavy atom. The van der Waals surface area contributed by atoms with E-state index in [1.165, 1.54) is 42.5 Å². The summed E-state index contributed by atoms with van der Waals surface area (Å²) in [7, 11) is 0. The van der Waals surface area contributed by atoms with Crippen molar-refractivity contribution >= 4 is 11.8 Å². The normalized spacial score (nSPS) is 21.8. The number of carboxylic acids is 1. The van der Waals surface area contributed by atoms with E-state index in [1.54, 1.807) is 13.8 Å². The molecule has 1 N–H and O–H groups in total. The van der Waals surface area contributed by atoms with Crippen molar-refractivity contribution < 1.29 is 14.7 Å². The van der Waals surface area contributed by atoms with Gasteiger partial charge < -0.3 is 10.0 Å². The number of carboxylic acid groups (broad SMARTS) is 1. The van der Waals surface area contributed by atoms with Gasteiger partial charge in [-0.15, -0.1) is 0 Å². The summed E-state index contributed by atoms with van der Waals surface area (Å²) in [5, 5.41) is 9.63. The molecule has 1 heterocycles. The number of rotatable bonds is 11. The van der Waals surface area contributed by atoms with Gasteiger partial charge in [0, 0.05) is 30.3 Å². The molecule has 4 rings (SSSR count). The Morgan fingerprint density at radius 1 is 1.02 bits per heavy atom. The highest BCUT2D eigenvalue weighted by molar-refractivity contribution is 6.00. The molecule has 216 valence electrons. The molecule has 0 aromatic heterocycles. The number of aliphatic carboxylic acids is 1. The van der Waals surface area contributed by atoms with E-state index in [9.17, 15) is 14.7 Å². The van der Waals surface area contributed by atoms with Crippen LogP contribution in [-0.4, -0.2) is 34.8 Å². The Balaban J connectivity index is 1.49. The molecule has 4 nitrogen and oxygen atoms in total. The Bertz CT molecular complexity index is 1200. The van der Waals surface area contributed by atoms with Crippen molar-refractivity contribution in [3.8, 4) is 0 Å². The molecule has 4 heteroatoms. The average molecular weight is 544 g/mol. The van der Waals surface area contributed by atoms with Crippen LogP contribution >= 0.6 is 0 Å². The molecule has 2 aliphatic carbocycles. The van der Waals surface area contributed by atoms with Crippen molar-refractivity contribution in [2.24, 2.45) is 23.2 Å². The maximum absolute atomic E-state index is 13.9. The van der Waals surface area contributed by atoms with Crippen LogP contribution in [0, 0.1) is 37.0 Å². The average Bonchev–Trinajstić information content (AvgIpc) is 3.51. The fourth-order valence-corrected chi connectivity index (χ4v) is 6.90. The van der Waals surface area contributed by atoms with Crippen LogP contribution in [0.15, 0.2) is 59.9 Å². The van der Waals surface area contributed by atoms with E-state index in [0.717, 1.165) is 67.0 Å². The molecular weight excluding hydrogens is 494 g/mol. The Kier molecular flexibility index (Phi) is 9.59. The molecule has 1 saturated heterocycles. The second-order valence-electron chi connectivity index (χ2n) is 13.3. The fourth-order valence-electron chi connectivity index (χ4n) is 6.90. The van der Waals surface area contributed by atoms with Crippen molar-refractivity contribution in [2.75, 3.05) is 13.1 Å². The van der Waals surface area contributed by atoms with Gasteiger partial charge in [0.2, 0.25) is 0 Å². The molecular formula is C36H49NO3. The summed E-state index contributed by atoms with van der Waals surface area (Å²) < 4.78 is 0. The zero-order valence-electron chi connectivity index (χ0n) is 25.4. The number of Topliss-reactive ketones (excluding diaryl/α,β-unsaturated/α-hetero) is 1. The van der Waals surface area contributed by atoms with Crippen LogP contribution < -0.4 is 0 Å². The maximum Gasteiger partial charge on any atom is 0.309 e. The molecule has 2 atom stereocenters. The monoisotopic (exact) mass is 543 g/mol. The highest BCUT2D eigenvalue weighted by Crippen LogP contribution is 2.37. The van der Waals surface area contributed by atoms with Crippen LogP contribution in [0.1, 0.15) is 88.0 Å². The van der Waals surface area contributed by atoms with Crippen LogP contribution in [0.2, 0.25) is 0 Å². The van der Waals surface area contributed by atoms with Crippen LogP contribution in [0.5, 0.6) is 0 Å². The fraction of sp³-hybridized carbons (Fsp3) is 0.556. The Labute approximate surface area is 241 Å². The lowest BCUT2D eigenvalue weighted by atomic mass is 9.81. The molecule has 0 radical (unpaired) electrons. The third-order valence-corrected chi connectivity index (χ3v) is 9.57. The van der Waals surface area contributed by atoms with Gasteiger partial charge in [0.05, 0.1) is 5.41 Å². The number of carbonyl (C=O) groups excluding carboxylic acids is 1. The summed E-state index contributed by atoms with van der Waals surface area (Å²) in [5.41, 5.74) is 7.20. The molecule has 3 aliphatic rings. The number of benzene rings is 1. The van der Waals surface area contributed by atoms with E-state index >= 15 is 0 Å². The number of hydrogen-bond donors (Lipinski definition) is 1. The Hall–Kier alpha value is -2.88. The van der Waals surface area contributed by atoms with Gasteiger partial charge in [0.1, 0.15) is 0 Å². The van der Waals surface area contributed by atoms with Gasteiger partial charge in [-0.2, -0.15) is 0 Å². The first kappa shape index (κ1) is 30.1. The topological polar surface area (TPSA) is 57.6 Å². The third-order valence-electron chi connectivity index (χ3n) is 9.57. The second-order valence-corrected chi connectivity index (χ2v) is 13.3. The molecule has 0 amide bonds. The number of likely N-dealkylation sites (tertiary alicyclic amines) is 1.